The molecule has 0 unspecified atom stereocenters. The molecule has 1 aromatic rings. The molecule has 0 aromatic heterocycles. The van der Waals surface area contributed by atoms with Gasteiger partial charge in [-0.3, -0.25) is 4.79 Å². The highest BCUT2D eigenvalue weighted by Gasteiger charge is 2.37. The Hall–Kier alpha value is -1.88. The quantitative estimate of drug-likeness (QED) is 0.559. The second kappa shape index (κ2) is 4.84. The van der Waals surface area contributed by atoms with E-state index in [-0.39, 0.29) is 11.2 Å². The van der Waals surface area contributed by atoms with Gasteiger partial charge in [-0.25, -0.2) is 0 Å². The van der Waals surface area contributed by atoms with E-state index in [1.54, 1.807) is 0 Å². The van der Waals surface area contributed by atoms with Crippen molar-refractivity contribution in [1.29, 1.82) is 5.26 Å². The Kier molecular flexibility index (Phi) is 3.58. The molecule has 0 amide bonds. The van der Waals surface area contributed by atoms with Crippen LogP contribution in [0, 0.1) is 23.7 Å². The molecule has 0 bridgehead atoms. The summed E-state index contributed by atoms with van der Waals surface area (Å²) in [6, 6.07) is 8.51. The van der Waals surface area contributed by atoms with E-state index in [1.165, 1.54) is 5.56 Å². The average Bonchev–Trinajstić information content (AvgIpc) is 2.61. The van der Waals surface area contributed by atoms with Crippen LogP contribution in [0.2, 0.25) is 0 Å². The molecule has 2 rings (SSSR count). The van der Waals surface area contributed by atoms with E-state index < -0.39 is 5.41 Å². The molecule has 1 aromatic carbocycles. The lowest BCUT2D eigenvalue weighted by Gasteiger charge is -2.19. The van der Waals surface area contributed by atoms with Crippen LogP contribution in [0.1, 0.15) is 57.7 Å². The van der Waals surface area contributed by atoms with Crippen LogP contribution in [0.4, 0.5) is 0 Å². The van der Waals surface area contributed by atoms with Crippen molar-refractivity contribution >= 4 is 11.4 Å². The van der Waals surface area contributed by atoms with Gasteiger partial charge in [0.2, 0.25) is 0 Å². The fraction of sp³-hybridized carbons (Fsp3) is 0.474. The zero-order valence-corrected chi connectivity index (χ0v) is 13.8. The summed E-state index contributed by atoms with van der Waals surface area (Å²) in [5.74, 6) is -0.0647. The van der Waals surface area contributed by atoms with Crippen LogP contribution in [0.3, 0.4) is 0 Å². The molecule has 0 aliphatic heterocycles. The van der Waals surface area contributed by atoms with Crippen LogP contribution in [0.25, 0.3) is 5.57 Å². The first-order valence-electron chi connectivity index (χ1n) is 7.37. The number of rotatable bonds is 1. The minimum Gasteiger partial charge on any atom is -0.293 e. The molecule has 0 atom stereocenters. The second-order valence-corrected chi connectivity index (χ2v) is 7.65. The summed E-state index contributed by atoms with van der Waals surface area (Å²) in [5, 5.41) is 9.56. The Labute approximate surface area is 127 Å². The number of ketones is 1. The number of hydrogen-bond acceptors (Lipinski definition) is 2. The highest BCUT2D eigenvalue weighted by Crippen LogP contribution is 2.47. The van der Waals surface area contributed by atoms with Crippen LogP contribution >= 0.6 is 0 Å². The Morgan fingerprint density at radius 1 is 1.29 bits per heavy atom. The van der Waals surface area contributed by atoms with E-state index in [0.717, 1.165) is 23.1 Å². The summed E-state index contributed by atoms with van der Waals surface area (Å²) in [6.07, 6.45) is 0.747. The van der Waals surface area contributed by atoms with Gasteiger partial charge in [-0.05, 0) is 35.5 Å². The molecule has 0 radical (unpaired) electrons. The molecule has 21 heavy (non-hydrogen) atoms. The predicted molar refractivity (Wildman–Crippen MR) is 85.8 cm³/mol. The van der Waals surface area contributed by atoms with Gasteiger partial charge in [-0.15, -0.1) is 0 Å². The molecule has 2 nitrogen and oxygen atoms in total. The number of Topliss-reactive ketones (excluding diaryl/α,β-unsaturated/α-hetero) is 1. The molecule has 1 aliphatic carbocycles. The highest BCUT2D eigenvalue weighted by atomic mass is 16.1. The molecule has 0 saturated carbocycles. The molecule has 1 aliphatic rings. The Morgan fingerprint density at radius 2 is 1.90 bits per heavy atom. The van der Waals surface area contributed by atoms with Gasteiger partial charge in [0.25, 0.3) is 0 Å². The van der Waals surface area contributed by atoms with Crippen molar-refractivity contribution in [1.82, 2.24) is 0 Å². The predicted octanol–water partition coefficient (Wildman–Crippen LogP) is 4.57. The van der Waals surface area contributed by atoms with Crippen LogP contribution in [0.5, 0.6) is 0 Å². The van der Waals surface area contributed by atoms with Crippen LogP contribution < -0.4 is 0 Å². The zero-order chi connectivity index (χ0) is 16.0. The molecule has 0 heterocycles. The molecular weight excluding hydrogens is 258 g/mol. The number of benzene rings is 1. The Bertz CT molecular complexity index is 678. The summed E-state index contributed by atoms with van der Waals surface area (Å²) in [5.41, 5.74) is 4.16. The van der Waals surface area contributed by atoms with Crippen molar-refractivity contribution in [3.05, 3.63) is 40.5 Å². The van der Waals surface area contributed by atoms with Gasteiger partial charge in [-0.2, -0.15) is 5.26 Å². The van der Waals surface area contributed by atoms with Crippen molar-refractivity contribution in [3.8, 4) is 6.07 Å². The lowest BCUT2D eigenvalue weighted by Crippen LogP contribution is -2.22. The van der Waals surface area contributed by atoms with Gasteiger partial charge in [0.15, 0.2) is 5.78 Å². The van der Waals surface area contributed by atoms with Crippen LogP contribution in [-0.4, -0.2) is 5.78 Å². The number of aryl methyl sites for hydroxylation is 1. The first-order chi connectivity index (χ1) is 9.58. The lowest BCUT2D eigenvalue weighted by molar-refractivity contribution is -0.122. The first-order valence-corrected chi connectivity index (χ1v) is 7.37. The van der Waals surface area contributed by atoms with Gasteiger partial charge in [0.1, 0.15) is 6.07 Å². The van der Waals surface area contributed by atoms with E-state index in [4.69, 9.17) is 0 Å². The highest BCUT2D eigenvalue weighted by molar-refractivity contribution is 6.09. The van der Waals surface area contributed by atoms with Gasteiger partial charge in [0.05, 0.1) is 5.57 Å². The van der Waals surface area contributed by atoms with Crippen molar-refractivity contribution in [2.75, 3.05) is 0 Å². The average molecular weight is 281 g/mol. The number of nitriles is 1. The smallest absolute Gasteiger partial charge is 0.178 e. The monoisotopic (exact) mass is 281 g/mol. The molecule has 110 valence electrons. The zero-order valence-electron chi connectivity index (χ0n) is 13.8. The van der Waals surface area contributed by atoms with Gasteiger partial charge < -0.3 is 0 Å². The number of fused-ring (bicyclic) bond motifs is 1. The largest absolute Gasteiger partial charge is 0.293 e. The minimum atomic E-state index is -0.533. The van der Waals surface area contributed by atoms with Crippen LogP contribution in [0.15, 0.2) is 23.8 Å². The number of hydrogen-bond donors (Lipinski definition) is 0. The van der Waals surface area contributed by atoms with E-state index in [0.29, 0.717) is 5.57 Å². The molecule has 0 spiro atoms. The van der Waals surface area contributed by atoms with Crippen molar-refractivity contribution < 1.29 is 4.79 Å². The SMILES string of the molecule is Cc1ccc2c(c1)/C(=C(\C#N)C(=O)C(C)(C)C)CC2(C)C. The van der Waals surface area contributed by atoms with E-state index in [2.05, 4.69) is 38.1 Å². The number of allylic oxidation sites excluding steroid dienone is 2. The second-order valence-electron chi connectivity index (χ2n) is 7.65. The molecule has 2 heteroatoms. The minimum absolute atomic E-state index is 0.0291. The molecule has 0 saturated heterocycles. The number of carbonyl (C=O) groups is 1. The van der Waals surface area contributed by atoms with Crippen molar-refractivity contribution in [2.24, 2.45) is 5.41 Å². The van der Waals surface area contributed by atoms with Gasteiger partial charge in [0, 0.05) is 5.41 Å². The Morgan fingerprint density at radius 3 is 2.43 bits per heavy atom. The van der Waals surface area contributed by atoms with Gasteiger partial charge in [-0.1, -0.05) is 58.4 Å². The molecule has 0 fully saturated rings. The summed E-state index contributed by atoms with van der Waals surface area (Å²) >= 11 is 0. The molecule has 0 N–H and O–H groups in total. The third kappa shape index (κ3) is 2.65. The van der Waals surface area contributed by atoms with Gasteiger partial charge >= 0.3 is 0 Å². The van der Waals surface area contributed by atoms with Crippen LogP contribution in [-0.2, 0) is 10.2 Å². The summed E-state index contributed by atoms with van der Waals surface area (Å²) in [6.45, 7) is 12.0. The van der Waals surface area contributed by atoms with E-state index >= 15 is 0 Å². The fourth-order valence-corrected chi connectivity index (χ4v) is 2.98. The number of nitrogens with zero attached hydrogens (tertiary/aromatic N) is 1. The third-order valence-corrected chi connectivity index (χ3v) is 4.17. The normalized spacial score (nSPS) is 18.9. The Balaban J connectivity index is 2.72. The van der Waals surface area contributed by atoms with E-state index in [1.807, 2.05) is 27.7 Å². The molecular formula is C19H23NO. The third-order valence-electron chi connectivity index (χ3n) is 4.17. The van der Waals surface area contributed by atoms with E-state index in [9.17, 15) is 10.1 Å². The first kappa shape index (κ1) is 15.5. The fourth-order valence-electron chi connectivity index (χ4n) is 2.98. The summed E-state index contributed by atoms with van der Waals surface area (Å²) in [4.78, 5) is 12.6. The topological polar surface area (TPSA) is 40.9 Å². The summed E-state index contributed by atoms with van der Waals surface area (Å²) in [7, 11) is 0. The van der Waals surface area contributed by atoms with Crippen molar-refractivity contribution in [3.63, 3.8) is 0 Å². The lowest BCUT2D eigenvalue weighted by atomic mass is 9.83. The maximum Gasteiger partial charge on any atom is 0.178 e. The van der Waals surface area contributed by atoms with Crippen molar-refractivity contribution in [2.45, 2.75) is 53.4 Å². The maximum absolute atomic E-state index is 12.6. The number of carbonyl (C=O) groups excluding carboxylic acids is 1. The maximum atomic E-state index is 12.6. The standard InChI is InChI=1S/C19H23NO/c1-12-7-8-16-13(9-12)14(10-19(16,5)6)15(11-20)17(21)18(2,3)4/h7-9H,10H2,1-6H3/b15-14+. The summed E-state index contributed by atoms with van der Waals surface area (Å²) < 4.78 is 0.